The lowest BCUT2D eigenvalue weighted by Crippen LogP contribution is -2.33. The maximum Gasteiger partial charge on any atom is 0.256 e. The molecule has 1 unspecified atom stereocenters. The first kappa shape index (κ1) is 12.9. The summed E-state index contributed by atoms with van der Waals surface area (Å²) >= 11 is 0. The van der Waals surface area contributed by atoms with Crippen molar-refractivity contribution in [2.45, 2.75) is 25.8 Å². The summed E-state index contributed by atoms with van der Waals surface area (Å²) in [6.07, 6.45) is 3.88. The van der Waals surface area contributed by atoms with Gasteiger partial charge in [-0.3, -0.25) is 4.79 Å². The molecular weight excluding hydrogens is 250 g/mol. The topological polar surface area (TPSA) is 45.2 Å². The summed E-state index contributed by atoms with van der Waals surface area (Å²) in [6.45, 7) is 2.96. The zero-order valence-electron chi connectivity index (χ0n) is 11.9. The number of carbonyl (C=O) groups is 1. The van der Waals surface area contributed by atoms with Gasteiger partial charge in [0.15, 0.2) is 0 Å². The number of hydrogen-bond acceptors (Lipinski definition) is 3. The second kappa shape index (κ2) is 5.12. The number of fused-ring (bicyclic) bond motifs is 1. The van der Waals surface area contributed by atoms with Gasteiger partial charge in [0.1, 0.15) is 5.82 Å². The zero-order chi connectivity index (χ0) is 14.1. The number of nitrogens with zero attached hydrogens (tertiary/aromatic N) is 2. The Morgan fingerprint density at radius 3 is 2.75 bits per heavy atom. The number of aromatic nitrogens is 1. The van der Waals surface area contributed by atoms with Crippen molar-refractivity contribution in [1.82, 2.24) is 9.88 Å². The number of carbonyl (C=O) groups excluding carboxylic acids is 1. The summed E-state index contributed by atoms with van der Waals surface area (Å²) in [7, 11) is 1.85. The number of hydrogen-bond donors (Lipinski definition) is 1. The third-order valence-corrected chi connectivity index (χ3v) is 4.08. The molecule has 20 heavy (non-hydrogen) atoms. The minimum atomic E-state index is 0.0985. The molecule has 1 N–H and O–H groups in total. The van der Waals surface area contributed by atoms with Gasteiger partial charge in [0.25, 0.3) is 5.91 Å². The Labute approximate surface area is 118 Å². The predicted molar refractivity (Wildman–Crippen MR) is 81.0 cm³/mol. The van der Waals surface area contributed by atoms with E-state index in [9.17, 15) is 4.79 Å². The number of rotatable bonds is 2. The second-order valence-corrected chi connectivity index (χ2v) is 5.31. The van der Waals surface area contributed by atoms with Crippen LogP contribution in [0.25, 0.3) is 10.8 Å². The summed E-state index contributed by atoms with van der Waals surface area (Å²) < 4.78 is 0. The van der Waals surface area contributed by atoms with Gasteiger partial charge < -0.3 is 10.2 Å². The molecular formula is C16H19N3O. The molecule has 1 aromatic carbocycles. The van der Waals surface area contributed by atoms with E-state index >= 15 is 0 Å². The molecule has 1 saturated heterocycles. The van der Waals surface area contributed by atoms with E-state index in [1.165, 1.54) is 0 Å². The van der Waals surface area contributed by atoms with Gasteiger partial charge in [-0.1, -0.05) is 24.3 Å². The summed E-state index contributed by atoms with van der Waals surface area (Å²) in [5.41, 5.74) is 0.702. The summed E-state index contributed by atoms with van der Waals surface area (Å²) in [4.78, 5) is 19.1. The van der Waals surface area contributed by atoms with E-state index in [1.54, 1.807) is 6.20 Å². The van der Waals surface area contributed by atoms with Crippen molar-refractivity contribution in [3.8, 4) is 0 Å². The average Bonchev–Trinajstić information content (AvgIpc) is 2.91. The van der Waals surface area contributed by atoms with Crippen LogP contribution in [0.2, 0.25) is 0 Å². The van der Waals surface area contributed by atoms with Gasteiger partial charge in [0.2, 0.25) is 0 Å². The third-order valence-electron chi connectivity index (χ3n) is 4.08. The zero-order valence-corrected chi connectivity index (χ0v) is 11.9. The van der Waals surface area contributed by atoms with Crippen molar-refractivity contribution in [2.24, 2.45) is 0 Å². The predicted octanol–water partition coefficient (Wildman–Crippen LogP) is 2.90. The Balaban J connectivity index is 2.10. The van der Waals surface area contributed by atoms with Crippen LogP contribution in [0.1, 0.15) is 30.1 Å². The van der Waals surface area contributed by atoms with Crippen LogP contribution in [0, 0.1) is 0 Å². The lowest BCUT2D eigenvalue weighted by atomic mass is 10.1. The molecule has 3 rings (SSSR count). The van der Waals surface area contributed by atoms with Crippen molar-refractivity contribution in [3.05, 3.63) is 36.0 Å². The molecule has 1 atom stereocenters. The van der Waals surface area contributed by atoms with Crippen LogP contribution < -0.4 is 5.32 Å². The van der Waals surface area contributed by atoms with Gasteiger partial charge in [0.05, 0.1) is 5.56 Å². The molecule has 2 heterocycles. The molecule has 0 spiro atoms. The fourth-order valence-corrected chi connectivity index (χ4v) is 2.95. The molecule has 4 nitrogen and oxygen atoms in total. The monoisotopic (exact) mass is 269 g/mol. The molecule has 4 heteroatoms. The number of benzene rings is 1. The molecule has 1 aliphatic rings. The highest BCUT2D eigenvalue weighted by atomic mass is 16.2. The highest BCUT2D eigenvalue weighted by Gasteiger charge is 2.27. The Hall–Kier alpha value is -2.10. The van der Waals surface area contributed by atoms with E-state index in [-0.39, 0.29) is 5.91 Å². The van der Waals surface area contributed by atoms with Crippen LogP contribution in [0.3, 0.4) is 0 Å². The third kappa shape index (κ3) is 2.01. The Bertz CT molecular complexity index is 653. The van der Waals surface area contributed by atoms with E-state index < -0.39 is 0 Å². The Morgan fingerprint density at radius 2 is 2.10 bits per heavy atom. The van der Waals surface area contributed by atoms with E-state index in [4.69, 9.17) is 0 Å². The van der Waals surface area contributed by atoms with E-state index in [2.05, 4.69) is 17.2 Å². The lowest BCUT2D eigenvalue weighted by Gasteiger charge is -2.22. The molecule has 0 bridgehead atoms. The average molecular weight is 269 g/mol. The fourth-order valence-electron chi connectivity index (χ4n) is 2.95. The van der Waals surface area contributed by atoms with Crippen LogP contribution in [-0.4, -0.2) is 35.4 Å². The van der Waals surface area contributed by atoms with Crippen molar-refractivity contribution in [2.75, 3.05) is 18.9 Å². The molecule has 1 amide bonds. The van der Waals surface area contributed by atoms with E-state index in [1.807, 2.05) is 36.2 Å². The molecule has 1 fully saturated rings. The fraction of sp³-hybridized carbons (Fsp3) is 0.375. The number of amides is 1. The van der Waals surface area contributed by atoms with Crippen LogP contribution in [0.5, 0.6) is 0 Å². The SMILES string of the molecule is CNc1ncc(C(=O)N2CCCC2C)c2ccccc12. The lowest BCUT2D eigenvalue weighted by molar-refractivity contribution is 0.0749. The summed E-state index contributed by atoms with van der Waals surface area (Å²) in [5, 5.41) is 5.04. The second-order valence-electron chi connectivity index (χ2n) is 5.31. The molecule has 1 aliphatic heterocycles. The van der Waals surface area contributed by atoms with E-state index in [0.717, 1.165) is 36.0 Å². The van der Waals surface area contributed by atoms with Gasteiger partial charge in [0, 0.05) is 31.2 Å². The first-order valence-corrected chi connectivity index (χ1v) is 7.09. The number of nitrogens with one attached hydrogen (secondary N) is 1. The van der Waals surface area contributed by atoms with Crippen LogP contribution in [0.4, 0.5) is 5.82 Å². The number of likely N-dealkylation sites (tertiary alicyclic amines) is 1. The normalized spacial score (nSPS) is 18.5. The number of anilines is 1. The van der Waals surface area contributed by atoms with Crippen molar-refractivity contribution < 1.29 is 4.79 Å². The van der Waals surface area contributed by atoms with Gasteiger partial charge in [-0.05, 0) is 25.2 Å². The highest BCUT2D eigenvalue weighted by molar-refractivity contribution is 6.09. The molecule has 1 aromatic heterocycles. The van der Waals surface area contributed by atoms with Crippen LogP contribution >= 0.6 is 0 Å². The van der Waals surface area contributed by atoms with Crippen LogP contribution in [0.15, 0.2) is 30.5 Å². The minimum absolute atomic E-state index is 0.0985. The number of pyridine rings is 1. The van der Waals surface area contributed by atoms with Crippen molar-refractivity contribution >= 4 is 22.5 Å². The van der Waals surface area contributed by atoms with Gasteiger partial charge in [-0.2, -0.15) is 0 Å². The Kier molecular flexibility index (Phi) is 3.30. The van der Waals surface area contributed by atoms with Crippen LogP contribution in [-0.2, 0) is 0 Å². The molecule has 0 radical (unpaired) electrons. The summed E-state index contributed by atoms with van der Waals surface area (Å²) in [6, 6.07) is 8.25. The van der Waals surface area contributed by atoms with Gasteiger partial charge in [-0.25, -0.2) is 4.98 Å². The quantitative estimate of drug-likeness (QED) is 0.911. The molecule has 0 aliphatic carbocycles. The molecule has 0 saturated carbocycles. The Morgan fingerprint density at radius 1 is 1.35 bits per heavy atom. The van der Waals surface area contributed by atoms with Crippen molar-refractivity contribution in [3.63, 3.8) is 0 Å². The maximum absolute atomic E-state index is 12.7. The molecule has 2 aromatic rings. The largest absolute Gasteiger partial charge is 0.373 e. The standard InChI is InChI=1S/C16H19N3O/c1-11-6-5-9-19(11)16(20)14-10-18-15(17-2)13-8-4-3-7-12(13)14/h3-4,7-8,10-11H,5-6,9H2,1-2H3,(H,17,18). The first-order valence-electron chi connectivity index (χ1n) is 7.09. The first-order chi connectivity index (χ1) is 9.72. The smallest absolute Gasteiger partial charge is 0.256 e. The van der Waals surface area contributed by atoms with E-state index in [0.29, 0.717) is 11.6 Å². The van der Waals surface area contributed by atoms with Crippen molar-refractivity contribution in [1.29, 1.82) is 0 Å². The molecule has 104 valence electrons. The highest BCUT2D eigenvalue weighted by Crippen LogP contribution is 2.27. The minimum Gasteiger partial charge on any atom is -0.373 e. The van der Waals surface area contributed by atoms with Gasteiger partial charge in [-0.15, -0.1) is 0 Å². The van der Waals surface area contributed by atoms with Gasteiger partial charge >= 0.3 is 0 Å². The maximum atomic E-state index is 12.7. The summed E-state index contributed by atoms with van der Waals surface area (Å²) in [5.74, 6) is 0.910.